The first-order chi connectivity index (χ1) is 10.4. The number of rotatable bonds is 6. The molecule has 2 aromatic heterocycles. The molecule has 0 aliphatic rings. The Morgan fingerprint density at radius 3 is 2.91 bits per heavy atom. The van der Waals surface area contributed by atoms with E-state index in [9.17, 15) is 4.79 Å². The lowest BCUT2D eigenvalue weighted by molar-refractivity contribution is 0.0528. The first kappa shape index (κ1) is 16.0. The molecule has 22 heavy (non-hydrogen) atoms. The highest BCUT2D eigenvalue weighted by Gasteiger charge is 2.15. The molecule has 1 N–H and O–H groups in total. The Kier molecular flexibility index (Phi) is 5.13. The molecule has 120 valence electrons. The maximum Gasteiger partial charge on any atom is 0.407 e. The van der Waals surface area contributed by atoms with Crippen LogP contribution >= 0.6 is 0 Å². The number of amides is 1. The van der Waals surface area contributed by atoms with Crippen LogP contribution in [0.4, 0.5) is 4.79 Å². The zero-order valence-electron chi connectivity index (χ0n) is 13.1. The SMILES string of the molecule is CC(C)(C)OC(=O)NCCc1cncn1CCc1ncno1. The van der Waals surface area contributed by atoms with Gasteiger partial charge in [0.05, 0.1) is 6.33 Å². The van der Waals surface area contributed by atoms with Gasteiger partial charge < -0.3 is 19.1 Å². The molecule has 0 unspecified atom stereocenters. The van der Waals surface area contributed by atoms with Crippen LogP contribution in [0.25, 0.3) is 0 Å². The summed E-state index contributed by atoms with van der Waals surface area (Å²) < 4.78 is 12.1. The minimum absolute atomic E-state index is 0.413. The highest BCUT2D eigenvalue weighted by atomic mass is 16.6. The Hall–Kier alpha value is -2.38. The maximum absolute atomic E-state index is 11.6. The Morgan fingerprint density at radius 2 is 2.23 bits per heavy atom. The number of hydrogen-bond acceptors (Lipinski definition) is 6. The fraction of sp³-hybridized carbons (Fsp3) is 0.571. The summed E-state index contributed by atoms with van der Waals surface area (Å²) in [6.45, 7) is 6.68. The predicted molar refractivity (Wildman–Crippen MR) is 78.2 cm³/mol. The number of hydrogen-bond donors (Lipinski definition) is 1. The third-order valence-electron chi connectivity index (χ3n) is 2.82. The van der Waals surface area contributed by atoms with Crippen LogP contribution in [0.15, 0.2) is 23.4 Å². The molecule has 0 aromatic carbocycles. The van der Waals surface area contributed by atoms with Crippen LogP contribution < -0.4 is 5.32 Å². The summed E-state index contributed by atoms with van der Waals surface area (Å²) in [6.07, 6.45) is 5.81. The minimum Gasteiger partial charge on any atom is -0.444 e. The number of aromatic nitrogens is 4. The van der Waals surface area contributed by atoms with E-state index in [0.717, 1.165) is 5.69 Å². The molecule has 2 rings (SSSR count). The van der Waals surface area contributed by atoms with Crippen molar-refractivity contribution >= 4 is 6.09 Å². The van der Waals surface area contributed by atoms with Crippen LogP contribution in [0.5, 0.6) is 0 Å². The van der Waals surface area contributed by atoms with Crippen LogP contribution in [0.2, 0.25) is 0 Å². The fourth-order valence-electron chi connectivity index (χ4n) is 1.89. The van der Waals surface area contributed by atoms with Crippen molar-refractivity contribution in [3.63, 3.8) is 0 Å². The number of imidazole rings is 1. The van der Waals surface area contributed by atoms with E-state index < -0.39 is 11.7 Å². The number of carbonyl (C=O) groups is 1. The normalized spacial score (nSPS) is 11.4. The molecule has 2 aromatic rings. The van der Waals surface area contributed by atoms with E-state index in [-0.39, 0.29) is 0 Å². The smallest absolute Gasteiger partial charge is 0.407 e. The second-order valence-corrected chi connectivity index (χ2v) is 5.84. The first-order valence-corrected chi connectivity index (χ1v) is 7.15. The van der Waals surface area contributed by atoms with Gasteiger partial charge in [-0.1, -0.05) is 5.16 Å². The van der Waals surface area contributed by atoms with Gasteiger partial charge in [-0.3, -0.25) is 0 Å². The lowest BCUT2D eigenvalue weighted by atomic mass is 10.2. The van der Waals surface area contributed by atoms with Crippen LogP contribution in [0, 0.1) is 0 Å². The van der Waals surface area contributed by atoms with Crippen molar-refractivity contribution in [1.29, 1.82) is 0 Å². The van der Waals surface area contributed by atoms with Crippen LogP contribution in [0.3, 0.4) is 0 Å². The second-order valence-electron chi connectivity index (χ2n) is 5.84. The first-order valence-electron chi connectivity index (χ1n) is 7.15. The average Bonchev–Trinajstić information content (AvgIpc) is 3.04. The van der Waals surface area contributed by atoms with Gasteiger partial charge in [0.15, 0.2) is 6.33 Å². The van der Waals surface area contributed by atoms with E-state index in [4.69, 9.17) is 9.26 Å². The van der Waals surface area contributed by atoms with Gasteiger partial charge in [-0.05, 0) is 20.8 Å². The van der Waals surface area contributed by atoms with Gasteiger partial charge in [0.25, 0.3) is 0 Å². The molecule has 0 bridgehead atoms. The highest BCUT2D eigenvalue weighted by Crippen LogP contribution is 2.07. The second kappa shape index (κ2) is 7.06. The molecule has 8 nitrogen and oxygen atoms in total. The maximum atomic E-state index is 11.6. The highest BCUT2D eigenvalue weighted by molar-refractivity contribution is 5.67. The molecule has 0 fully saturated rings. The lowest BCUT2D eigenvalue weighted by Crippen LogP contribution is -2.33. The van der Waals surface area contributed by atoms with Crippen molar-refractivity contribution < 1.29 is 14.1 Å². The molecule has 0 aliphatic heterocycles. The number of nitrogens with one attached hydrogen (secondary N) is 1. The Morgan fingerprint density at radius 1 is 1.41 bits per heavy atom. The van der Waals surface area contributed by atoms with E-state index in [1.54, 1.807) is 12.5 Å². The fourth-order valence-corrected chi connectivity index (χ4v) is 1.89. The van der Waals surface area contributed by atoms with Crippen molar-refractivity contribution in [1.82, 2.24) is 25.0 Å². The van der Waals surface area contributed by atoms with Crippen molar-refractivity contribution in [3.8, 4) is 0 Å². The third kappa shape index (κ3) is 5.19. The number of ether oxygens (including phenoxy) is 1. The molecule has 1 amide bonds. The van der Waals surface area contributed by atoms with Gasteiger partial charge in [-0.2, -0.15) is 4.98 Å². The van der Waals surface area contributed by atoms with E-state index in [2.05, 4.69) is 20.4 Å². The molecule has 2 heterocycles. The summed E-state index contributed by atoms with van der Waals surface area (Å²) in [5, 5.41) is 6.30. The van der Waals surface area contributed by atoms with Gasteiger partial charge in [-0.25, -0.2) is 9.78 Å². The number of alkyl carbamates (subject to hydrolysis) is 1. The minimum atomic E-state index is -0.490. The molecular formula is C14H21N5O3. The van der Waals surface area contributed by atoms with Crippen LogP contribution in [-0.2, 0) is 24.1 Å². The molecule has 0 saturated heterocycles. The summed E-state index contributed by atoms with van der Waals surface area (Å²) >= 11 is 0. The third-order valence-corrected chi connectivity index (χ3v) is 2.82. The van der Waals surface area contributed by atoms with Gasteiger partial charge in [0.2, 0.25) is 5.89 Å². The van der Waals surface area contributed by atoms with E-state index >= 15 is 0 Å². The Labute approximate surface area is 128 Å². The van der Waals surface area contributed by atoms with Crippen molar-refractivity contribution in [2.24, 2.45) is 0 Å². The van der Waals surface area contributed by atoms with Crippen molar-refractivity contribution in [3.05, 3.63) is 30.4 Å². The monoisotopic (exact) mass is 307 g/mol. The summed E-state index contributed by atoms with van der Waals surface area (Å²) in [7, 11) is 0. The number of carbonyl (C=O) groups excluding carboxylic acids is 1. The molecular weight excluding hydrogens is 286 g/mol. The van der Waals surface area contributed by atoms with Crippen molar-refractivity contribution in [2.75, 3.05) is 6.54 Å². The lowest BCUT2D eigenvalue weighted by Gasteiger charge is -2.19. The van der Waals surface area contributed by atoms with E-state index in [1.165, 1.54) is 6.33 Å². The Bertz CT molecular complexity index is 586. The van der Waals surface area contributed by atoms with Gasteiger partial charge in [-0.15, -0.1) is 0 Å². The number of aryl methyl sites for hydroxylation is 2. The van der Waals surface area contributed by atoms with E-state index in [0.29, 0.717) is 31.8 Å². The molecule has 0 aliphatic carbocycles. The van der Waals surface area contributed by atoms with Crippen LogP contribution in [-0.4, -0.2) is 37.9 Å². The molecule has 0 saturated carbocycles. The quantitative estimate of drug-likeness (QED) is 0.870. The van der Waals surface area contributed by atoms with E-state index in [1.807, 2.05) is 25.3 Å². The summed E-state index contributed by atoms with van der Waals surface area (Å²) in [6, 6.07) is 0. The molecule has 0 spiro atoms. The summed E-state index contributed by atoms with van der Waals surface area (Å²) in [4.78, 5) is 19.7. The number of nitrogens with zero attached hydrogens (tertiary/aromatic N) is 4. The zero-order valence-corrected chi connectivity index (χ0v) is 13.1. The largest absolute Gasteiger partial charge is 0.444 e. The average molecular weight is 307 g/mol. The molecule has 0 atom stereocenters. The van der Waals surface area contributed by atoms with Gasteiger partial charge in [0.1, 0.15) is 5.60 Å². The predicted octanol–water partition coefficient (Wildman–Crippen LogP) is 1.58. The Balaban J connectivity index is 1.76. The zero-order chi connectivity index (χ0) is 16.0. The van der Waals surface area contributed by atoms with Crippen LogP contribution in [0.1, 0.15) is 32.4 Å². The standard InChI is InChI=1S/C14H21N5O3/c1-14(2,3)21-13(20)16-6-4-11-8-15-10-19(11)7-5-12-17-9-18-22-12/h8-10H,4-7H2,1-3H3,(H,16,20). The topological polar surface area (TPSA) is 95.1 Å². The molecule has 0 radical (unpaired) electrons. The molecule has 8 heteroatoms. The summed E-state index contributed by atoms with van der Waals surface area (Å²) in [5.74, 6) is 0.589. The van der Waals surface area contributed by atoms with Gasteiger partial charge >= 0.3 is 6.09 Å². The summed E-state index contributed by atoms with van der Waals surface area (Å²) in [5.41, 5.74) is 0.534. The van der Waals surface area contributed by atoms with Crippen molar-refractivity contribution in [2.45, 2.75) is 45.8 Å². The van der Waals surface area contributed by atoms with Gasteiger partial charge in [0, 0.05) is 37.8 Å².